The molecule has 0 radical (unpaired) electrons. The van der Waals surface area contributed by atoms with Gasteiger partial charge in [-0.05, 0) is 18.6 Å². The number of carbonyl (C=O) groups excluding carboxylic acids is 1. The molecule has 1 saturated heterocycles. The van der Waals surface area contributed by atoms with E-state index in [9.17, 15) is 4.79 Å². The molecule has 0 aromatic carbocycles. The maximum Gasteiger partial charge on any atom is 0.136 e. The van der Waals surface area contributed by atoms with Crippen molar-refractivity contribution in [1.82, 2.24) is 4.98 Å². The highest BCUT2D eigenvalue weighted by molar-refractivity contribution is 8.01. The highest BCUT2D eigenvalue weighted by atomic mass is 32.2. The fourth-order valence-electron chi connectivity index (χ4n) is 1.62. The zero-order valence-corrected chi connectivity index (χ0v) is 8.87. The topological polar surface area (TPSA) is 30.0 Å². The summed E-state index contributed by atoms with van der Waals surface area (Å²) in [5, 5.41) is 2.03. The van der Waals surface area contributed by atoms with Crippen LogP contribution < -0.4 is 0 Å². The van der Waals surface area contributed by atoms with E-state index in [1.54, 1.807) is 23.1 Å². The van der Waals surface area contributed by atoms with Gasteiger partial charge in [0, 0.05) is 11.8 Å². The van der Waals surface area contributed by atoms with Gasteiger partial charge < -0.3 is 4.79 Å². The second-order valence-electron chi connectivity index (χ2n) is 3.29. The third-order valence-electron chi connectivity index (χ3n) is 2.31. The predicted octanol–water partition coefficient (Wildman–Crippen LogP) is 2.15. The molecular formula is C9H11NOS2. The standard InChI is InChI=1S/C9H11NOS2/c11-6-9(2-1-3-13-9)4-8-5-12-7-10-8/h5-7H,1-4H2. The lowest BCUT2D eigenvalue weighted by molar-refractivity contribution is -0.109. The normalized spacial score (nSPS) is 27.7. The molecule has 4 heteroatoms. The largest absolute Gasteiger partial charge is 0.302 e. The molecule has 1 aliphatic heterocycles. The Bertz CT molecular complexity index is 278. The van der Waals surface area contributed by atoms with Crippen molar-refractivity contribution in [2.24, 2.45) is 0 Å². The second kappa shape index (κ2) is 3.80. The van der Waals surface area contributed by atoms with E-state index in [1.165, 1.54) is 0 Å². The third-order valence-corrected chi connectivity index (χ3v) is 4.46. The molecule has 2 nitrogen and oxygen atoms in total. The van der Waals surface area contributed by atoms with Crippen molar-refractivity contribution in [3.63, 3.8) is 0 Å². The van der Waals surface area contributed by atoms with Crippen molar-refractivity contribution in [3.8, 4) is 0 Å². The van der Waals surface area contributed by atoms with Crippen LogP contribution in [0.5, 0.6) is 0 Å². The number of thiazole rings is 1. The Kier molecular flexibility index (Phi) is 2.69. The minimum absolute atomic E-state index is 0.159. The fraction of sp³-hybridized carbons (Fsp3) is 0.556. The first-order valence-corrected chi connectivity index (χ1v) is 6.25. The second-order valence-corrected chi connectivity index (χ2v) is 5.52. The molecule has 1 fully saturated rings. The van der Waals surface area contributed by atoms with E-state index >= 15 is 0 Å². The quantitative estimate of drug-likeness (QED) is 0.721. The molecule has 0 saturated carbocycles. The van der Waals surface area contributed by atoms with Crippen LogP contribution in [0.25, 0.3) is 0 Å². The number of carbonyl (C=O) groups is 1. The molecule has 13 heavy (non-hydrogen) atoms. The molecule has 70 valence electrons. The van der Waals surface area contributed by atoms with Crippen LogP contribution >= 0.6 is 23.1 Å². The van der Waals surface area contributed by atoms with Gasteiger partial charge in [0.15, 0.2) is 0 Å². The van der Waals surface area contributed by atoms with Gasteiger partial charge in [0.25, 0.3) is 0 Å². The van der Waals surface area contributed by atoms with Gasteiger partial charge in [0.05, 0.1) is 16.0 Å². The van der Waals surface area contributed by atoms with Gasteiger partial charge >= 0.3 is 0 Å². The van der Waals surface area contributed by atoms with E-state index in [0.717, 1.165) is 37.0 Å². The van der Waals surface area contributed by atoms with Gasteiger partial charge in [-0.2, -0.15) is 0 Å². The number of aromatic nitrogens is 1. The Morgan fingerprint density at radius 3 is 3.15 bits per heavy atom. The smallest absolute Gasteiger partial charge is 0.136 e. The lowest BCUT2D eigenvalue weighted by Gasteiger charge is -2.18. The summed E-state index contributed by atoms with van der Waals surface area (Å²) in [5.74, 6) is 1.11. The summed E-state index contributed by atoms with van der Waals surface area (Å²) in [7, 11) is 0. The van der Waals surface area contributed by atoms with E-state index < -0.39 is 0 Å². The summed E-state index contributed by atoms with van der Waals surface area (Å²) in [6.45, 7) is 0. The molecule has 1 aliphatic rings. The summed E-state index contributed by atoms with van der Waals surface area (Å²) in [5.41, 5.74) is 2.89. The van der Waals surface area contributed by atoms with Gasteiger partial charge in [-0.25, -0.2) is 4.98 Å². The summed E-state index contributed by atoms with van der Waals surface area (Å²) >= 11 is 3.38. The summed E-state index contributed by atoms with van der Waals surface area (Å²) < 4.78 is -0.159. The van der Waals surface area contributed by atoms with Crippen LogP contribution in [0.3, 0.4) is 0 Å². The number of thioether (sulfide) groups is 1. The minimum atomic E-state index is -0.159. The van der Waals surface area contributed by atoms with Crippen molar-refractivity contribution in [2.45, 2.75) is 24.0 Å². The zero-order chi connectivity index (χ0) is 9.15. The Balaban J connectivity index is 2.10. The number of hydrogen-bond acceptors (Lipinski definition) is 4. The summed E-state index contributed by atoms with van der Waals surface area (Å²) in [6, 6.07) is 0. The van der Waals surface area contributed by atoms with E-state index in [-0.39, 0.29) is 4.75 Å². The van der Waals surface area contributed by atoms with Crippen molar-refractivity contribution >= 4 is 29.4 Å². The van der Waals surface area contributed by atoms with Crippen LogP contribution in [0, 0.1) is 0 Å². The SMILES string of the molecule is O=CC1(Cc2cscn2)CCCS1. The number of aldehydes is 1. The number of rotatable bonds is 3. The molecular weight excluding hydrogens is 202 g/mol. The van der Waals surface area contributed by atoms with Crippen LogP contribution in [0.2, 0.25) is 0 Å². The van der Waals surface area contributed by atoms with Crippen LogP contribution in [0.1, 0.15) is 18.5 Å². The van der Waals surface area contributed by atoms with Crippen molar-refractivity contribution in [3.05, 3.63) is 16.6 Å². The molecule has 0 amide bonds. The third kappa shape index (κ3) is 1.94. The van der Waals surface area contributed by atoms with E-state index in [0.29, 0.717) is 0 Å². The summed E-state index contributed by atoms with van der Waals surface area (Å²) in [4.78, 5) is 15.2. The number of nitrogens with zero attached hydrogens (tertiary/aromatic N) is 1. The highest BCUT2D eigenvalue weighted by Crippen LogP contribution is 2.38. The van der Waals surface area contributed by atoms with Crippen molar-refractivity contribution in [1.29, 1.82) is 0 Å². The molecule has 0 aliphatic carbocycles. The monoisotopic (exact) mass is 213 g/mol. The molecule has 1 atom stereocenters. The Morgan fingerprint density at radius 1 is 1.69 bits per heavy atom. The van der Waals surface area contributed by atoms with Crippen molar-refractivity contribution < 1.29 is 4.79 Å². The highest BCUT2D eigenvalue weighted by Gasteiger charge is 2.34. The van der Waals surface area contributed by atoms with Gasteiger partial charge in [-0.1, -0.05) is 0 Å². The first-order valence-electron chi connectivity index (χ1n) is 4.32. The molecule has 0 spiro atoms. The van der Waals surface area contributed by atoms with Gasteiger partial charge in [0.2, 0.25) is 0 Å². The summed E-state index contributed by atoms with van der Waals surface area (Å²) in [6.07, 6.45) is 4.10. The number of hydrogen-bond donors (Lipinski definition) is 0. The van der Waals surface area contributed by atoms with Crippen LogP contribution in [-0.4, -0.2) is 21.8 Å². The lowest BCUT2D eigenvalue weighted by atomic mass is 9.99. The predicted molar refractivity (Wildman–Crippen MR) is 56.3 cm³/mol. The maximum absolute atomic E-state index is 11.0. The molecule has 1 aromatic heterocycles. The Morgan fingerprint density at radius 2 is 2.62 bits per heavy atom. The minimum Gasteiger partial charge on any atom is -0.302 e. The molecule has 1 unspecified atom stereocenters. The lowest BCUT2D eigenvalue weighted by Crippen LogP contribution is -2.26. The average Bonchev–Trinajstić information content (AvgIpc) is 2.77. The molecule has 0 bridgehead atoms. The molecule has 1 aromatic rings. The molecule has 0 N–H and O–H groups in total. The van der Waals surface area contributed by atoms with Gasteiger partial charge in [0.1, 0.15) is 6.29 Å². The Hall–Kier alpha value is -0.350. The van der Waals surface area contributed by atoms with Gasteiger partial charge in [-0.15, -0.1) is 23.1 Å². The fourth-order valence-corrected chi connectivity index (χ4v) is 3.48. The van der Waals surface area contributed by atoms with Crippen molar-refractivity contribution in [2.75, 3.05) is 5.75 Å². The van der Waals surface area contributed by atoms with Crippen LogP contribution in [-0.2, 0) is 11.2 Å². The van der Waals surface area contributed by atoms with Crippen LogP contribution in [0.15, 0.2) is 10.9 Å². The molecule has 2 rings (SSSR count). The zero-order valence-electron chi connectivity index (χ0n) is 7.23. The van der Waals surface area contributed by atoms with E-state index in [4.69, 9.17) is 0 Å². The van der Waals surface area contributed by atoms with Crippen LogP contribution in [0.4, 0.5) is 0 Å². The first-order chi connectivity index (χ1) is 6.35. The van der Waals surface area contributed by atoms with E-state index in [2.05, 4.69) is 4.98 Å². The maximum atomic E-state index is 11.0. The molecule has 2 heterocycles. The Labute approximate surface area is 85.8 Å². The van der Waals surface area contributed by atoms with E-state index in [1.807, 2.05) is 10.9 Å². The average molecular weight is 213 g/mol. The first kappa shape index (κ1) is 9.21. The van der Waals surface area contributed by atoms with Gasteiger partial charge in [-0.3, -0.25) is 0 Å².